The van der Waals surface area contributed by atoms with E-state index < -0.39 is 0 Å². The van der Waals surface area contributed by atoms with Gasteiger partial charge in [0.2, 0.25) is 53.5 Å². The highest BCUT2D eigenvalue weighted by Gasteiger charge is 2.48. The Labute approximate surface area is 765 Å². The third kappa shape index (κ3) is 32.9. The molecule has 5 N–H and O–H groups in total. The Morgan fingerprint density at radius 2 is 0.400 bits per heavy atom. The molecule has 8 heterocycles. The number of nitrogens with zero attached hydrogens (tertiary/aromatic N) is 18. The van der Waals surface area contributed by atoms with Gasteiger partial charge in [-0.25, -0.2) is 0 Å². The fourth-order valence-electron chi connectivity index (χ4n) is 22.7. The Morgan fingerprint density at radius 1 is 0.232 bits per heavy atom. The van der Waals surface area contributed by atoms with Crippen molar-refractivity contribution in [1.29, 1.82) is 0 Å². The highest BCUT2D eigenvalue weighted by atomic mass is 15.4. The Balaban J connectivity index is 1.21. The van der Waals surface area contributed by atoms with Gasteiger partial charge in [-0.15, -0.1) is 6.42 Å². The molecule has 0 amide bonds. The lowest BCUT2D eigenvalue weighted by molar-refractivity contribution is 0.155. The van der Waals surface area contributed by atoms with Gasteiger partial charge in [-0.2, -0.15) is 44.9 Å². The third-order valence-corrected chi connectivity index (χ3v) is 26.8. The van der Waals surface area contributed by atoms with Crippen LogP contribution in [0.5, 0.6) is 0 Å². The van der Waals surface area contributed by atoms with Gasteiger partial charge in [0.25, 0.3) is 0 Å². The summed E-state index contributed by atoms with van der Waals surface area (Å²) in [6.07, 6.45) is 41.1. The summed E-state index contributed by atoms with van der Waals surface area (Å²) in [7, 11) is 0. The molecule has 5 saturated heterocycles. The maximum Gasteiger partial charge on any atom is 0.243 e. The molecule has 0 unspecified atom stereocenters. The van der Waals surface area contributed by atoms with Gasteiger partial charge in [-0.3, -0.25) is 4.90 Å². The van der Waals surface area contributed by atoms with Gasteiger partial charge in [0.05, 0.1) is 0 Å². The van der Waals surface area contributed by atoms with Crippen molar-refractivity contribution in [3.63, 3.8) is 0 Å². The SMILES string of the molecule is C#CC#CN(CCCC)c1nc(N(CCCC)CCCC)nc(N(CCCCCCN(c2nc(N(CCCC)C3CC(C)(C)NC(C)(C)C3)nc(N(CCCCCCN(c3nc(N(CCCC)CCCC)nc(N(CCCC)CCCC)n3)C3CC(C)(C)NC(C)(C)C3)C3CC(C)(C)NC(C)(C)C3)n2)C2CC(C)(C)NC(C)(C)C2)C2CC(C)(C)NC(C)(C)C2)n1. The van der Waals surface area contributed by atoms with E-state index >= 15 is 0 Å². The lowest BCUT2D eigenvalue weighted by atomic mass is 9.79. The number of nitrogens with one attached hydrogen (secondary N) is 5. The van der Waals surface area contributed by atoms with Crippen LogP contribution in [0.1, 0.15) is 412 Å². The summed E-state index contributed by atoms with van der Waals surface area (Å²) in [4.78, 5) is 74.1. The van der Waals surface area contributed by atoms with Crippen molar-refractivity contribution < 1.29 is 0 Å². The van der Waals surface area contributed by atoms with E-state index in [9.17, 15) is 0 Å². The molecule has 0 radical (unpaired) electrons. The first kappa shape index (κ1) is 105. The van der Waals surface area contributed by atoms with Crippen molar-refractivity contribution in [2.24, 2.45) is 0 Å². The Kier molecular flexibility index (Phi) is 39.1. The molecular weight excluding hydrogens is 1550 g/mol. The molecule has 0 aliphatic carbocycles. The van der Waals surface area contributed by atoms with Crippen molar-refractivity contribution in [2.75, 3.05) is 123 Å². The summed E-state index contributed by atoms with van der Waals surface area (Å²) in [6.45, 7) is 76.7. The number of unbranched alkanes of at least 4 members (excludes halogenated alkanes) is 14. The van der Waals surface area contributed by atoms with Gasteiger partial charge in [-0.1, -0.05) is 132 Å². The molecule has 710 valence electrons. The average molecular weight is 1740 g/mol. The Bertz CT molecular complexity index is 3660. The van der Waals surface area contributed by atoms with Crippen LogP contribution in [0.2, 0.25) is 0 Å². The quantitative estimate of drug-likeness (QED) is 0.0202. The zero-order chi connectivity index (χ0) is 91.8. The van der Waals surface area contributed by atoms with Crippen LogP contribution in [-0.2, 0) is 0 Å². The topological polar surface area (TPSA) is 205 Å². The predicted octanol–water partition coefficient (Wildman–Crippen LogP) is 20.6. The van der Waals surface area contributed by atoms with Gasteiger partial charge in [-0.05, 0) is 286 Å². The van der Waals surface area contributed by atoms with Crippen LogP contribution in [0.4, 0.5) is 53.5 Å². The predicted molar refractivity (Wildman–Crippen MR) is 535 cm³/mol. The molecule has 5 aliphatic heterocycles. The van der Waals surface area contributed by atoms with E-state index in [2.05, 4.69) is 278 Å². The lowest BCUT2D eigenvalue weighted by Crippen LogP contribution is -2.63. The average Bonchev–Trinajstić information content (AvgIpc) is 0.769. The maximum atomic E-state index is 6.10. The number of terminal acetylenes is 1. The number of rotatable bonds is 52. The standard InChI is InChI=1S/C102H187N23/c1-30-39-56-117(57-40-31-2)84-103-85(118(58-41-32-3)59-42-33-4)106-88(105-84)122(80-71-95(14,15)113-96(16,17)72-80)65-52-48-50-54-67-124(82-75-99(22,23)115-100(24,25)76-82)91-109-90(121(64-47-38-9)79-69-93(10,11)112-94(12,13)70-79)110-92(111-91)125(83-77-101(26,27)116-102(28,29)78-83)68-55-51-49-53-66-123(81-73-97(18,19)114-98(20,21)74-81)89-107-86(119(60-43-34-5)61-44-35-6)104-87(108-89)120(62-45-36-7)63-46-37-8/h1,79-83,112-116H,31-38,40-55,57-78H2,2-29H3. The van der Waals surface area contributed by atoms with Crippen LogP contribution < -0.4 is 70.7 Å². The number of hydrogen-bond acceptors (Lipinski definition) is 23. The number of anilines is 9. The summed E-state index contributed by atoms with van der Waals surface area (Å²) in [6, 6.07) is 4.27. The third-order valence-electron chi connectivity index (χ3n) is 26.8. The first-order chi connectivity index (χ1) is 58.8. The zero-order valence-corrected chi connectivity index (χ0v) is 85.5. The molecule has 0 bridgehead atoms. The first-order valence-electron chi connectivity index (χ1n) is 50.9. The first-order valence-corrected chi connectivity index (χ1v) is 50.9. The monoisotopic (exact) mass is 1730 g/mol. The van der Waals surface area contributed by atoms with Crippen LogP contribution in [0.15, 0.2) is 0 Å². The zero-order valence-electron chi connectivity index (χ0n) is 85.5. The number of aromatic nitrogens is 9. The molecule has 0 aromatic carbocycles. The van der Waals surface area contributed by atoms with Crippen molar-refractivity contribution >= 4 is 53.5 Å². The lowest BCUT2D eigenvalue weighted by Gasteiger charge is -2.51. The Morgan fingerprint density at radius 3 is 0.608 bits per heavy atom. The smallest absolute Gasteiger partial charge is 0.243 e. The summed E-state index contributed by atoms with van der Waals surface area (Å²) in [5.74, 6) is 12.7. The molecule has 5 fully saturated rings. The molecular formula is C102H187N23. The molecule has 8 rings (SSSR count). The minimum atomic E-state index is -0.135. The van der Waals surface area contributed by atoms with Crippen LogP contribution >= 0.6 is 0 Å². The minimum absolute atomic E-state index is 0.0730. The van der Waals surface area contributed by atoms with Crippen LogP contribution in [0.25, 0.3) is 0 Å². The normalized spacial score (nSPS) is 20.1. The van der Waals surface area contributed by atoms with Crippen molar-refractivity contribution in [1.82, 2.24) is 71.4 Å². The molecule has 0 spiro atoms. The van der Waals surface area contributed by atoms with Gasteiger partial charge in [0.1, 0.15) is 0 Å². The number of piperidine rings is 5. The number of hydrogen-bond donors (Lipinski definition) is 5. The van der Waals surface area contributed by atoms with Crippen LogP contribution in [0.3, 0.4) is 0 Å². The second kappa shape index (κ2) is 46.8. The van der Waals surface area contributed by atoms with E-state index in [4.69, 9.17) is 51.3 Å². The summed E-state index contributed by atoms with van der Waals surface area (Å²) in [5.41, 5.74) is -1.09. The van der Waals surface area contributed by atoms with Gasteiger partial charge in [0, 0.05) is 176 Å². The molecule has 0 atom stereocenters. The molecule has 5 aliphatic rings. The summed E-state index contributed by atoms with van der Waals surface area (Å²) >= 11 is 0. The van der Waals surface area contributed by atoms with E-state index in [-0.39, 0.29) is 85.6 Å². The van der Waals surface area contributed by atoms with Crippen LogP contribution in [0, 0.1) is 24.3 Å². The molecule has 125 heavy (non-hydrogen) atoms. The highest BCUT2D eigenvalue weighted by Crippen LogP contribution is 2.42. The largest absolute Gasteiger partial charge is 0.341 e. The van der Waals surface area contributed by atoms with E-state index in [0.29, 0.717) is 12.5 Å². The summed E-state index contributed by atoms with van der Waals surface area (Å²) in [5, 5.41) is 20.4. The van der Waals surface area contributed by atoms with Gasteiger partial charge >= 0.3 is 0 Å². The molecule has 3 aromatic rings. The molecule has 3 aromatic heterocycles. The minimum Gasteiger partial charge on any atom is -0.341 e. The van der Waals surface area contributed by atoms with E-state index in [0.717, 1.165) is 338 Å². The van der Waals surface area contributed by atoms with Crippen molar-refractivity contribution in [3.05, 3.63) is 0 Å². The molecule has 0 saturated carbocycles. The Hall–Kier alpha value is -5.85. The van der Waals surface area contributed by atoms with E-state index in [1.165, 1.54) is 0 Å². The van der Waals surface area contributed by atoms with Gasteiger partial charge in [0.15, 0.2) is 0 Å². The second-order valence-electron chi connectivity index (χ2n) is 45.6. The van der Waals surface area contributed by atoms with E-state index in [1.54, 1.807) is 0 Å². The summed E-state index contributed by atoms with van der Waals surface area (Å²) < 4.78 is 0. The van der Waals surface area contributed by atoms with Gasteiger partial charge < -0.3 is 65.8 Å². The van der Waals surface area contributed by atoms with E-state index in [1.807, 2.05) is 4.90 Å². The van der Waals surface area contributed by atoms with Crippen molar-refractivity contribution in [2.45, 2.75) is 498 Å². The fourth-order valence-corrected chi connectivity index (χ4v) is 22.7. The second-order valence-corrected chi connectivity index (χ2v) is 45.6. The maximum absolute atomic E-state index is 6.10. The highest BCUT2D eigenvalue weighted by molar-refractivity contribution is 5.53. The molecule has 23 nitrogen and oxygen atoms in total. The van der Waals surface area contributed by atoms with Crippen LogP contribution in [-0.4, -0.2) is 209 Å². The fraction of sp³-hybridized carbons (Fsp3) is 0.873. The van der Waals surface area contributed by atoms with Crippen molar-refractivity contribution in [3.8, 4) is 24.3 Å². The molecule has 23 heteroatoms.